The molecule has 8 rings (SSSR count). The number of aromatic nitrogens is 2. The van der Waals surface area contributed by atoms with Crippen molar-refractivity contribution < 1.29 is 28.5 Å². The second-order valence-electron chi connectivity index (χ2n) is 14.4. The zero-order valence-electron chi connectivity index (χ0n) is 29.7. The molecular formula is C40H45N5O6. The van der Waals surface area contributed by atoms with Gasteiger partial charge >= 0.3 is 6.09 Å². The first-order valence-electron chi connectivity index (χ1n) is 18.0. The van der Waals surface area contributed by atoms with Crippen molar-refractivity contribution in [3.63, 3.8) is 0 Å². The molecule has 2 fully saturated rings. The zero-order valence-corrected chi connectivity index (χ0v) is 29.7. The minimum absolute atomic E-state index is 0.132. The van der Waals surface area contributed by atoms with E-state index in [0.717, 1.165) is 61.7 Å². The number of nitrogens with one attached hydrogen (secondary N) is 2. The Bertz CT molecular complexity index is 2020. The topological polar surface area (TPSA) is 127 Å². The Hall–Kier alpha value is -4.74. The summed E-state index contributed by atoms with van der Waals surface area (Å²) in [5.74, 6) is 2.41. The molecule has 3 aliphatic heterocycles. The first-order chi connectivity index (χ1) is 24.8. The van der Waals surface area contributed by atoms with Crippen LogP contribution in [-0.2, 0) is 32.0 Å². The van der Waals surface area contributed by atoms with Crippen LogP contribution in [0.5, 0.6) is 5.75 Å². The van der Waals surface area contributed by atoms with E-state index in [1.807, 2.05) is 11.1 Å². The molecule has 11 nitrogen and oxygen atoms in total. The van der Waals surface area contributed by atoms with E-state index in [0.29, 0.717) is 38.5 Å². The molecular weight excluding hydrogens is 646 g/mol. The summed E-state index contributed by atoms with van der Waals surface area (Å²) >= 11 is 0. The fraction of sp³-hybridized carbons (Fsp3) is 0.450. The molecule has 4 atom stereocenters. The van der Waals surface area contributed by atoms with Gasteiger partial charge in [-0.05, 0) is 83.5 Å². The van der Waals surface area contributed by atoms with Crippen LogP contribution in [0.4, 0.5) is 10.5 Å². The van der Waals surface area contributed by atoms with E-state index in [1.54, 1.807) is 14.0 Å². The Morgan fingerprint density at radius 3 is 2.71 bits per heavy atom. The Morgan fingerprint density at radius 1 is 1.08 bits per heavy atom. The van der Waals surface area contributed by atoms with Crippen LogP contribution < -0.4 is 10.1 Å². The van der Waals surface area contributed by atoms with Crippen molar-refractivity contribution in [2.45, 2.75) is 76.2 Å². The number of fused-ring (bicyclic) bond motifs is 6. The van der Waals surface area contributed by atoms with Crippen molar-refractivity contribution in [3.05, 3.63) is 65.6 Å². The molecule has 0 radical (unpaired) electrons. The van der Waals surface area contributed by atoms with Crippen molar-refractivity contribution >= 4 is 34.2 Å². The molecule has 1 aromatic heterocycles. The van der Waals surface area contributed by atoms with Crippen LogP contribution in [0.25, 0.3) is 33.2 Å². The number of carbonyl (C=O) groups excluding carboxylic acids is 2. The van der Waals surface area contributed by atoms with E-state index in [4.69, 9.17) is 28.9 Å². The van der Waals surface area contributed by atoms with E-state index in [2.05, 4.69) is 52.8 Å². The lowest BCUT2D eigenvalue weighted by Crippen LogP contribution is -2.56. The van der Waals surface area contributed by atoms with E-state index in [9.17, 15) is 9.59 Å². The summed E-state index contributed by atoms with van der Waals surface area (Å²) in [6.07, 6.45) is 7.04. The first kappa shape index (κ1) is 33.4. The number of amides is 2. The lowest BCUT2D eigenvalue weighted by molar-refractivity contribution is -0.136. The molecule has 0 bridgehead atoms. The summed E-state index contributed by atoms with van der Waals surface area (Å²) in [5.41, 5.74) is 8.56. The maximum absolute atomic E-state index is 14.1. The number of aliphatic imine (C=N–C) groups is 1. The third-order valence-corrected chi connectivity index (χ3v) is 11.3. The average Bonchev–Trinajstić information content (AvgIpc) is 3.98. The van der Waals surface area contributed by atoms with Gasteiger partial charge in [0.25, 0.3) is 0 Å². The highest BCUT2D eigenvalue weighted by Gasteiger charge is 2.43. The van der Waals surface area contributed by atoms with Crippen molar-refractivity contribution in [1.82, 2.24) is 20.2 Å². The van der Waals surface area contributed by atoms with Gasteiger partial charge in [-0.15, -0.1) is 0 Å². The summed E-state index contributed by atoms with van der Waals surface area (Å²) in [6.45, 7) is 3.27. The average molecular weight is 692 g/mol. The smallest absolute Gasteiger partial charge is 0.407 e. The van der Waals surface area contributed by atoms with Crippen molar-refractivity contribution in [2.75, 3.05) is 34.5 Å². The number of hydrogen-bond acceptors (Lipinski definition) is 8. The maximum atomic E-state index is 14.1. The lowest BCUT2D eigenvalue weighted by Gasteiger charge is -2.31. The number of alkyl carbamates (subject to hydrolysis) is 1. The monoisotopic (exact) mass is 691 g/mol. The number of methoxy groups -OCH3 is 3. The van der Waals surface area contributed by atoms with Gasteiger partial charge in [-0.3, -0.25) is 9.79 Å². The van der Waals surface area contributed by atoms with Gasteiger partial charge < -0.3 is 34.1 Å². The fourth-order valence-electron chi connectivity index (χ4n) is 8.50. The van der Waals surface area contributed by atoms with Crippen LogP contribution in [0.15, 0.2) is 53.7 Å². The molecule has 11 heteroatoms. The SMILES string of the molecule is COC[C@H]1C[C@@H](C2=Nc3ccc4cc5c(cc4c3C2)OCc2cc(-c3cnc(C4CCCC4)[nH]3)ccc2-5)N(C(=O)C(NC(=O)OC)[C@@H](C)OC)C1. The molecule has 1 unspecified atom stereocenters. The summed E-state index contributed by atoms with van der Waals surface area (Å²) < 4.78 is 22.3. The number of imidazole rings is 1. The molecule has 2 N–H and O–H groups in total. The van der Waals surface area contributed by atoms with Gasteiger partial charge in [-0.1, -0.05) is 31.0 Å². The number of nitrogens with zero attached hydrogens (tertiary/aromatic N) is 3. The predicted molar refractivity (Wildman–Crippen MR) is 195 cm³/mol. The fourth-order valence-corrected chi connectivity index (χ4v) is 8.50. The second-order valence-corrected chi connectivity index (χ2v) is 14.4. The first-order valence-corrected chi connectivity index (χ1v) is 18.0. The molecule has 1 saturated heterocycles. The van der Waals surface area contributed by atoms with Gasteiger partial charge in [0.05, 0.1) is 43.4 Å². The molecule has 3 aromatic carbocycles. The third-order valence-electron chi connectivity index (χ3n) is 11.3. The van der Waals surface area contributed by atoms with Crippen LogP contribution in [0, 0.1) is 5.92 Å². The Labute approximate surface area is 297 Å². The second kappa shape index (κ2) is 13.8. The summed E-state index contributed by atoms with van der Waals surface area (Å²) in [7, 11) is 4.48. The van der Waals surface area contributed by atoms with Crippen LogP contribution in [0.2, 0.25) is 0 Å². The lowest BCUT2D eigenvalue weighted by atomic mass is 9.90. The largest absolute Gasteiger partial charge is 0.488 e. The van der Waals surface area contributed by atoms with Gasteiger partial charge in [0, 0.05) is 50.3 Å². The summed E-state index contributed by atoms with van der Waals surface area (Å²) in [6, 6.07) is 14.0. The van der Waals surface area contributed by atoms with Crippen LogP contribution in [0.1, 0.15) is 61.9 Å². The third kappa shape index (κ3) is 6.16. The van der Waals surface area contributed by atoms with E-state index in [-0.39, 0.29) is 17.9 Å². The Kier molecular flexibility index (Phi) is 9.02. The number of rotatable bonds is 9. The van der Waals surface area contributed by atoms with Gasteiger partial charge in [-0.25, -0.2) is 9.78 Å². The van der Waals surface area contributed by atoms with Crippen molar-refractivity contribution in [2.24, 2.45) is 10.9 Å². The quantitative estimate of drug-likeness (QED) is 0.200. The minimum Gasteiger partial charge on any atom is -0.488 e. The standard InChI is InChI=1S/C40H45N5O6/c1-22(49-3)37(44-40(47)50-4)39(46)45-19-23(20-48-2)13-35(45)33-16-30-29-17-36-31(15-25(29)10-12-32(30)42-33)28-11-9-26(14-27(28)21-51-36)34-18-41-38(43-34)24-7-5-6-8-24/h9-12,14-15,17-18,22-24,35,37H,5-8,13,16,19-21H2,1-4H3,(H,41,43)(H,44,47)/t22-,23+,35+,37?/m1/s1. The van der Waals surface area contributed by atoms with Crippen LogP contribution in [-0.4, -0.2) is 85.2 Å². The maximum Gasteiger partial charge on any atom is 0.407 e. The summed E-state index contributed by atoms with van der Waals surface area (Å²) in [5, 5.41) is 4.90. The number of H-pyrrole nitrogens is 1. The van der Waals surface area contributed by atoms with Gasteiger partial charge in [0.1, 0.15) is 24.2 Å². The van der Waals surface area contributed by atoms with Gasteiger partial charge in [-0.2, -0.15) is 0 Å². The van der Waals surface area contributed by atoms with Crippen molar-refractivity contribution in [1.29, 1.82) is 0 Å². The highest BCUT2D eigenvalue weighted by atomic mass is 16.5. The number of aromatic amines is 1. The number of likely N-dealkylation sites (tertiary alicyclic amines) is 1. The van der Waals surface area contributed by atoms with E-state index < -0.39 is 18.2 Å². The Balaban J connectivity index is 1.06. The number of ether oxygens (including phenoxy) is 4. The molecule has 51 heavy (non-hydrogen) atoms. The van der Waals surface area contributed by atoms with E-state index in [1.165, 1.54) is 45.5 Å². The van der Waals surface area contributed by atoms with Gasteiger partial charge in [0.15, 0.2) is 0 Å². The predicted octanol–water partition coefficient (Wildman–Crippen LogP) is 6.70. The molecule has 4 heterocycles. The molecule has 1 saturated carbocycles. The molecule has 1 aliphatic carbocycles. The molecule has 0 spiro atoms. The number of benzene rings is 3. The van der Waals surface area contributed by atoms with Gasteiger partial charge in [0.2, 0.25) is 5.91 Å². The normalized spacial score (nSPS) is 20.7. The highest BCUT2D eigenvalue weighted by molar-refractivity contribution is 6.06. The zero-order chi connectivity index (χ0) is 35.2. The Morgan fingerprint density at radius 2 is 1.92 bits per heavy atom. The number of carbonyl (C=O) groups is 2. The molecule has 4 aliphatic rings. The summed E-state index contributed by atoms with van der Waals surface area (Å²) in [4.78, 5) is 41.6. The van der Waals surface area contributed by atoms with Crippen LogP contribution in [0.3, 0.4) is 0 Å². The molecule has 4 aromatic rings. The minimum atomic E-state index is -0.909. The molecule has 2 amide bonds. The molecule has 266 valence electrons. The van der Waals surface area contributed by atoms with Crippen molar-refractivity contribution in [3.8, 4) is 28.1 Å². The van der Waals surface area contributed by atoms with Crippen LogP contribution >= 0.6 is 0 Å². The van der Waals surface area contributed by atoms with E-state index >= 15 is 0 Å². The highest BCUT2D eigenvalue weighted by Crippen LogP contribution is 2.45. The number of hydrogen-bond donors (Lipinski definition) is 2.